The third-order valence-electron chi connectivity index (χ3n) is 5.68. The number of halogens is 2. The van der Waals surface area contributed by atoms with E-state index in [1.165, 1.54) is 34.6 Å². The molecule has 3 aromatic rings. The largest absolute Gasteiger partial charge is 0.480 e. The van der Waals surface area contributed by atoms with Crippen LogP contribution in [0.1, 0.15) is 11.1 Å². The first kappa shape index (κ1) is 24.2. The van der Waals surface area contributed by atoms with E-state index in [0.717, 1.165) is 5.56 Å². The highest BCUT2D eigenvalue weighted by atomic mass is 35.5. The summed E-state index contributed by atoms with van der Waals surface area (Å²) in [5, 5.41) is 8.94. The van der Waals surface area contributed by atoms with Crippen LogP contribution in [0.25, 0.3) is 0 Å². The minimum atomic E-state index is -3.89. The lowest BCUT2D eigenvalue weighted by atomic mass is 9.87. The van der Waals surface area contributed by atoms with E-state index in [-0.39, 0.29) is 29.4 Å². The van der Waals surface area contributed by atoms with Gasteiger partial charge < -0.3 is 15.6 Å². The van der Waals surface area contributed by atoms with Crippen LogP contribution >= 0.6 is 11.6 Å². The molecule has 178 valence electrons. The molecular weight excluding hydrogens is 483 g/mol. The van der Waals surface area contributed by atoms with Crippen LogP contribution < -0.4 is 10.5 Å². The van der Waals surface area contributed by atoms with Gasteiger partial charge in [-0.1, -0.05) is 54.1 Å². The molecular formula is C24H22ClFN2O5S. The summed E-state index contributed by atoms with van der Waals surface area (Å²) < 4.78 is 47.7. The Bertz CT molecular complexity index is 1310. The predicted octanol–water partition coefficient (Wildman–Crippen LogP) is 3.41. The molecule has 3 aromatic carbocycles. The summed E-state index contributed by atoms with van der Waals surface area (Å²) in [4.78, 5) is 11.1. The summed E-state index contributed by atoms with van der Waals surface area (Å²) in [5.41, 5.74) is 5.87. The van der Waals surface area contributed by atoms with Crippen LogP contribution in [0.2, 0.25) is 5.02 Å². The fourth-order valence-corrected chi connectivity index (χ4v) is 5.61. The summed E-state index contributed by atoms with van der Waals surface area (Å²) in [6.07, 6.45) is 0.00107. The number of hydrogen-bond acceptors (Lipinski definition) is 5. The molecule has 34 heavy (non-hydrogen) atoms. The molecule has 7 nitrogen and oxygen atoms in total. The van der Waals surface area contributed by atoms with Crippen molar-refractivity contribution in [1.29, 1.82) is 0 Å². The first-order valence-corrected chi connectivity index (χ1v) is 12.2. The lowest BCUT2D eigenvalue weighted by Gasteiger charge is -2.48. The van der Waals surface area contributed by atoms with Gasteiger partial charge in [-0.25, -0.2) is 12.8 Å². The van der Waals surface area contributed by atoms with Crippen molar-refractivity contribution in [3.8, 4) is 5.75 Å². The second-order valence-corrected chi connectivity index (χ2v) is 10.5. The van der Waals surface area contributed by atoms with Gasteiger partial charge in [-0.2, -0.15) is 4.31 Å². The van der Waals surface area contributed by atoms with E-state index in [4.69, 9.17) is 27.2 Å². The molecule has 0 radical (unpaired) electrons. The van der Waals surface area contributed by atoms with Crippen LogP contribution in [0.15, 0.2) is 77.7 Å². The molecule has 0 unspecified atom stereocenters. The summed E-state index contributed by atoms with van der Waals surface area (Å²) in [6, 6.07) is 18.1. The Labute approximate surface area is 201 Å². The van der Waals surface area contributed by atoms with E-state index in [0.29, 0.717) is 11.3 Å². The van der Waals surface area contributed by atoms with Crippen molar-refractivity contribution >= 4 is 27.6 Å². The first-order valence-electron chi connectivity index (χ1n) is 10.4. The molecule has 10 heteroatoms. The number of aliphatic carboxylic acids is 1. The summed E-state index contributed by atoms with van der Waals surface area (Å²) in [5.74, 6) is -1.43. The molecule has 0 aromatic heterocycles. The maximum absolute atomic E-state index is 13.6. The van der Waals surface area contributed by atoms with Gasteiger partial charge in [0.15, 0.2) is 5.60 Å². The van der Waals surface area contributed by atoms with Crippen molar-refractivity contribution in [2.24, 2.45) is 5.73 Å². The van der Waals surface area contributed by atoms with E-state index < -0.39 is 33.5 Å². The highest BCUT2D eigenvalue weighted by molar-refractivity contribution is 7.89. The van der Waals surface area contributed by atoms with Crippen molar-refractivity contribution in [2.75, 3.05) is 13.1 Å². The Balaban J connectivity index is 1.60. The number of carboxylic acids is 1. The molecule has 1 aliphatic heterocycles. The SMILES string of the molecule is N[C@@H](Cc1cccc(S(=O)(=O)N2CC(Oc3ccc(F)c(Cl)c3)(c3ccccc3)C2)c1)C(=O)O. The van der Waals surface area contributed by atoms with Gasteiger partial charge in [-0.05, 0) is 41.8 Å². The van der Waals surface area contributed by atoms with Gasteiger partial charge in [-0.15, -0.1) is 0 Å². The van der Waals surface area contributed by atoms with E-state index >= 15 is 0 Å². The van der Waals surface area contributed by atoms with Crippen LogP contribution in [-0.4, -0.2) is 42.9 Å². The molecule has 1 fully saturated rings. The first-order chi connectivity index (χ1) is 16.1. The molecule has 3 N–H and O–H groups in total. The topological polar surface area (TPSA) is 110 Å². The monoisotopic (exact) mass is 504 g/mol. The van der Waals surface area contributed by atoms with Crippen molar-refractivity contribution in [2.45, 2.75) is 23.0 Å². The molecule has 1 saturated heterocycles. The second kappa shape index (κ2) is 9.34. The van der Waals surface area contributed by atoms with Crippen LogP contribution in [-0.2, 0) is 26.8 Å². The maximum Gasteiger partial charge on any atom is 0.320 e. The van der Waals surface area contributed by atoms with Crippen LogP contribution in [0.4, 0.5) is 4.39 Å². The molecule has 1 atom stereocenters. The average Bonchev–Trinajstić information content (AvgIpc) is 2.79. The molecule has 4 rings (SSSR count). The normalized spacial score (nSPS) is 16.4. The number of nitrogens with zero attached hydrogens (tertiary/aromatic N) is 1. The Morgan fingerprint density at radius 3 is 2.47 bits per heavy atom. The number of sulfonamides is 1. The van der Waals surface area contributed by atoms with Crippen molar-refractivity contribution in [3.05, 3.63) is 94.8 Å². The average molecular weight is 505 g/mol. The summed E-state index contributed by atoms with van der Waals surface area (Å²) in [6.45, 7) is 0.0421. The van der Waals surface area contributed by atoms with Crippen LogP contribution in [0.3, 0.4) is 0 Å². The molecule has 0 amide bonds. The van der Waals surface area contributed by atoms with E-state index in [2.05, 4.69) is 0 Å². The van der Waals surface area contributed by atoms with Crippen molar-refractivity contribution in [1.82, 2.24) is 4.31 Å². The fraction of sp³-hybridized carbons (Fsp3) is 0.208. The smallest absolute Gasteiger partial charge is 0.320 e. The van der Waals surface area contributed by atoms with E-state index in [9.17, 15) is 17.6 Å². The zero-order valence-electron chi connectivity index (χ0n) is 17.9. The van der Waals surface area contributed by atoms with Gasteiger partial charge in [-0.3, -0.25) is 4.79 Å². The number of nitrogens with two attached hydrogens (primary N) is 1. The highest BCUT2D eigenvalue weighted by Gasteiger charge is 2.52. The third-order valence-corrected chi connectivity index (χ3v) is 7.75. The lowest BCUT2D eigenvalue weighted by molar-refractivity contribution is -0.138. The second-order valence-electron chi connectivity index (χ2n) is 8.11. The highest BCUT2D eigenvalue weighted by Crippen LogP contribution is 2.40. The van der Waals surface area contributed by atoms with Gasteiger partial charge in [0.25, 0.3) is 0 Å². The van der Waals surface area contributed by atoms with Crippen LogP contribution in [0, 0.1) is 5.82 Å². The molecule has 0 aliphatic carbocycles. The number of carbonyl (C=O) groups is 1. The molecule has 1 aliphatic rings. The zero-order valence-corrected chi connectivity index (χ0v) is 19.5. The van der Waals surface area contributed by atoms with Gasteiger partial charge in [0, 0.05) is 6.07 Å². The summed E-state index contributed by atoms with van der Waals surface area (Å²) in [7, 11) is -3.89. The Hall–Kier alpha value is -2.98. The minimum Gasteiger partial charge on any atom is -0.480 e. The third kappa shape index (κ3) is 4.78. The van der Waals surface area contributed by atoms with Gasteiger partial charge in [0.05, 0.1) is 23.0 Å². The maximum atomic E-state index is 13.6. The van der Waals surface area contributed by atoms with Crippen molar-refractivity contribution in [3.63, 3.8) is 0 Å². The van der Waals surface area contributed by atoms with Crippen molar-refractivity contribution < 1.29 is 27.4 Å². The van der Waals surface area contributed by atoms with Gasteiger partial charge >= 0.3 is 5.97 Å². The Morgan fingerprint density at radius 1 is 1.12 bits per heavy atom. The molecule has 0 bridgehead atoms. The number of rotatable bonds is 8. The zero-order chi connectivity index (χ0) is 24.5. The van der Waals surface area contributed by atoms with Crippen LogP contribution in [0.5, 0.6) is 5.75 Å². The van der Waals surface area contributed by atoms with E-state index in [1.54, 1.807) is 12.1 Å². The molecule has 1 heterocycles. The Kier molecular flexibility index (Phi) is 6.64. The molecule has 0 saturated carbocycles. The Morgan fingerprint density at radius 2 is 1.82 bits per heavy atom. The number of benzene rings is 3. The lowest BCUT2D eigenvalue weighted by Crippen LogP contribution is -2.64. The fourth-order valence-electron chi connectivity index (χ4n) is 3.83. The van der Waals surface area contributed by atoms with E-state index in [1.807, 2.05) is 30.3 Å². The number of carboxylic acid groups (broad SMARTS) is 1. The van der Waals surface area contributed by atoms with Gasteiger partial charge in [0.1, 0.15) is 17.6 Å². The number of ether oxygens (including phenoxy) is 1. The quantitative estimate of drug-likeness (QED) is 0.486. The number of hydrogen-bond donors (Lipinski definition) is 2. The van der Waals surface area contributed by atoms with Gasteiger partial charge in [0.2, 0.25) is 10.0 Å². The minimum absolute atomic E-state index is 0.00107. The predicted molar refractivity (Wildman–Crippen MR) is 125 cm³/mol. The standard InChI is InChI=1S/C24H22ClFN2O5S/c25-20-13-18(9-10-21(20)26)33-24(17-6-2-1-3-7-17)14-28(15-24)34(31,32)19-8-4-5-16(11-19)12-22(27)23(29)30/h1-11,13,22H,12,14-15,27H2,(H,29,30)/t22-/m0/s1. The molecule has 0 spiro atoms. The summed E-state index contributed by atoms with van der Waals surface area (Å²) >= 11 is 5.89.